The number of hydrogen-bond acceptors (Lipinski definition) is 6. The van der Waals surface area contributed by atoms with Gasteiger partial charge in [-0.2, -0.15) is 0 Å². The molecule has 0 aliphatic carbocycles. The molecule has 0 bridgehead atoms. The number of thioether (sulfide) groups is 1. The zero-order valence-corrected chi connectivity index (χ0v) is 14.9. The van der Waals surface area contributed by atoms with E-state index in [1.807, 2.05) is 26.0 Å². The molecule has 1 N–H and O–H groups in total. The molecule has 3 rings (SSSR count). The van der Waals surface area contributed by atoms with Gasteiger partial charge in [0.2, 0.25) is 5.91 Å². The fourth-order valence-corrected chi connectivity index (χ4v) is 3.72. The van der Waals surface area contributed by atoms with Crippen molar-refractivity contribution >= 4 is 29.2 Å². The zero-order chi connectivity index (χ0) is 16.9. The number of rotatable bonds is 6. The van der Waals surface area contributed by atoms with E-state index in [9.17, 15) is 4.79 Å². The van der Waals surface area contributed by atoms with Crippen LogP contribution in [0.3, 0.4) is 0 Å². The number of hydrogen-bond donors (Lipinski definition) is 1. The second kappa shape index (κ2) is 7.70. The minimum atomic E-state index is -0.0255. The highest BCUT2D eigenvalue weighted by atomic mass is 32.2. The van der Waals surface area contributed by atoms with Gasteiger partial charge < -0.3 is 14.7 Å². The summed E-state index contributed by atoms with van der Waals surface area (Å²) in [4.78, 5) is 18.8. The van der Waals surface area contributed by atoms with Crippen LogP contribution in [-0.4, -0.2) is 34.9 Å². The maximum atomic E-state index is 12.0. The number of carbonyl (C=O) groups is 1. The molecule has 0 aromatic carbocycles. The second-order valence-electron chi connectivity index (χ2n) is 5.94. The maximum absolute atomic E-state index is 12.0. The van der Waals surface area contributed by atoms with Crippen LogP contribution >= 0.6 is 11.8 Å². The van der Waals surface area contributed by atoms with Crippen LogP contribution in [0, 0.1) is 13.8 Å². The molecule has 3 heterocycles. The van der Waals surface area contributed by atoms with Crippen LogP contribution in [0.1, 0.15) is 29.9 Å². The Morgan fingerprint density at radius 3 is 2.75 bits per heavy atom. The standard InChI is InChI=1S/C17H22N4O2S/c1-12-15(13(2)23-20-12)10-24-11-17(22)19-14-5-6-16(18-9-14)21-7-3-4-8-21/h5-6,9H,3-4,7-8,10-11H2,1-2H3,(H,19,22). The Morgan fingerprint density at radius 1 is 1.33 bits per heavy atom. The Morgan fingerprint density at radius 2 is 2.12 bits per heavy atom. The van der Waals surface area contributed by atoms with Crippen LogP contribution in [0.5, 0.6) is 0 Å². The van der Waals surface area contributed by atoms with Gasteiger partial charge >= 0.3 is 0 Å². The maximum Gasteiger partial charge on any atom is 0.234 e. The van der Waals surface area contributed by atoms with E-state index < -0.39 is 0 Å². The van der Waals surface area contributed by atoms with Crippen molar-refractivity contribution in [1.29, 1.82) is 0 Å². The summed E-state index contributed by atoms with van der Waals surface area (Å²) in [6.07, 6.45) is 4.18. The summed E-state index contributed by atoms with van der Waals surface area (Å²) in [6, 6.07) is 3.88. The van der Waals surface area contributed by atoms with E-state index in [1.54, 1.807) is 18.0 Å². The molecule has 1 amide bonds. The minimum Gasteiger partial charge on any atom is -0.361 e. The molecule has 24 heavy (non-hydrogen) atoms. The first-order valence-electron chi connectivity index (χ1n) is 8.14. The van der Waals surface area contributed by atoms with Crippen LogP contribution in [0.4, 0.5) is 11.5 Å². The van der Waals surface area contributed by atoms with Crippen molar-refractivity contribution in [2.24, 2.45) is 0 Å². The third kappa shape index (κ3) is 4.08. The van der Waals surface area contributed by atoms with Crippen molar-refractivity contribution in [2.45, 2.75) is 32.4 Å². The predicted octanol–water partition coefficient (Wildman–Crippen LogP) is 3.16. The lowest BCUT2D eigenvalue weighted by molar-refractivity contribution is -0.113. The summed E-state index contributed by atoms with van der Waals surface area (Å²) < 4.78 is 5.13. The largest absolute Gasteiger partial charge is 0.361 e. The average molecular weight is 346 g/mol. The van der Waals surface area contributed by atoms with E-state index in [-0.39, 0.29) is 5.91 Å². The van der Waals surface area contributed by atoms with Gasteiger partial charge in [-0.1, -0.05) is 5.16 Å². The lowest BCUT2D eigenvalue weighted by Crippen LogP contribution is -2.19. The number of aryl methyl sites for hydroxylation is 2. The Hall–Kier alpha value is -2.02. The van der Waals surface area contributed by atoms with Crippen LogP contribution < -0.4 is 10.2 Å². The van der Waals surface area contributed by atoms with Crippen molar-refractivity contribution in [1.82, 2.24) is 10.1 Å². The van der Waals surface area contributed by atoms with Gasteiger partial charge in [0.05, 0.1) is 23.3 Å². The fraction of sp³-hybridized carbons (Fsp3) is 0.471. The summed E-state index contributed by atoms with van der Waals surface area (Å²) in [7, 11) is 0. The molecule has 7 heteroatoms. The van der Waals surface area contributed by atoms with Gasteiger partial charge in [0.1, 0.15) is 11.6 Å². The van der Waals surface area contributed by atoms with Gasteiger partial charge in [-0.15, -0.1) is 11.8 Å². The van der Waals surface area contributed by atoms with Crippen LogP contribution in [0.25, 0.3) is 0 Å². The molecule has 0 saturated carbocycles. The molecule has 0 atom stereocenters. The van der Waals surface area contributed by atoms with Crippen molar-refractivity contribution in [3.05, 3.63) is 35.3 Å². The number of pyridine rings is 1. The molecule has 0 spiro atoms. The molecular formula is C17H22N4O2S. The van der Waals surface area contributed by atoms with Gasteiger partial charge in [-0.05, 0) is 38.8 Å². The smallest absolute Gasteiger partial charge is 0.234 e. The number of aromatic nitrogens is 2. The number of carbonyl (C=O) groups excluding carboxylic acids is 1. The molecule has 1 fully saturated rings. The molecule has 2 aromatic heterocycles. The molecule has 1 saturated heterocycles. The van der Waals surface area contributed by atoms with Gasteiger partial charge in [0.25, 0.3) is 0 Å². The molecule has 1 aliphatic rings. The summed E-state index contributed by atoms with van der Waals surface area (Å²) >= 11 is 1.55. The third-order valence-corrected chi connectivity index (χ3v) is 5.08. The highest BCUT2D eigenvalue weighted by Crippen LogP contribution is 2.21. The number of anilines is 2. The van der Waals surface area contributed by atoms with Crippen molar-refractivity contribution in [2.75, 3.05) is 29.1 Å². The summed E-state index contributed by atoms with van der Waals surface area (Å²) in [5.41, 5.74) is 2.70. The zero-order valence-electron chi connectivity index (χ0n) is 14.0. The van der Waals surface area contributed by atoms with Crippen LogP contribution in [0.15, 0.2) is 22.9 Å². The second-order valence-corrected chi connectivity index (χ2v) is 6.93. The number of nitrogens with one attached hydrogen (secondary N) is 1. The molecule has 128 valence electrons. The predicted molar refractivity (Wildman–Crippen MR) is 96.5 cm³/mol. The highest BCUT2D eigenvalue weighted by Gasteiger charge is 2.14. The lowest BCUT2D eigenvalue weighted by Gasteiger charge is -2.16. The van der Waals surface area contributed by atoms with E-state index in [2.05, 4.69) is 20.4 Å². The van der Waals surface area contributed by atoms with Gasteiger partial charge in [0.15, 0.2) is 0 Å². The summed E-state index contributed by atoms with van der Waals surface area (Å²) in [5, 5.41) is 6.81. The van der Waals surface area contributed by atoms with Crippen LogP contribution in [-0.2, 0) is 10.5 Å². The quantitative estimate of drug-likeness (QED) is 0.866. The molecule has 0 radical (unpaired) electrons. The first-order valence-corrected chi connectivity index (χ1v) is 9.29. The Bertz CT molecular complexity index is 674. The average Bonchev–Trinajstić information content (AvgIpc) is 3.21. The van der Waals surface area contributed by atoms with Gasteiger partial charge in [0, 0.05) is 24.4 Å². The first-order chi connectivity index (χ1) is 11.6. The Labute approximate surface area is 146 Å². The summed E-state index contributed by atoms with van der Waals surface area (Å²) in [6.45, 7) is 5.94. The number of amides is 1. The monoisotopic (exact) mass is 346 g/mol. The highest BCUT2D eigenvalue weighted by molar-refractivity contribution is 7.99. The van der Waals surface area contributed by atoms with E-state index in [1.165, 1.54) is 12.8 Å². The molecule has 2 aromatic rings. The molecular weight excluding hydrogens is 324 g/mol. The molecule has 1 aliphatic heterocycles. The lowest BCUT2D eigenvalue weighted by atomic mass is 10.2. The molecule has 0 unspecified atom stereocenters. The first kappa shape index (κ1) is 16.8. The van der Waals surface area contributed by atoms with Gasteiger partial charge in [-0.3, -0.25) is 4.79 Å². The van der Waals surface area contributed by atoms with E-state index in [0.717, 1.165) is 47.4 Å². The topological polar surface area (TPSA) is 71.3 Å². The minimum absolute atomic E-state index is 0.0255. The molecule has 6 nitrogen and oxygen atoms in total. The van der Waals surface area contributed by atoms with Crippen molar-refractivity contribution in [3.8, 4) is 0 Å². The SMILES string of the molecule is Cc1noc(C)c1CSCC(=O)Nc1ccc(N2CCCC2)nc1. The van der Waals surface area contributed by atoms with Crippen molar-refractivity contribution in [3.63, 3.8) is 0 Å². The Kier molecular flexibility index (Phi) is 5.40. The van der Waals surface area contributed by atoms with E-state index >= 15 is 0 Å². The number of nitrogens with zero attached hydrogens (tertiary/aromatic N) is 3. The van der Waals surface area contributed by atoms with Gasteiger partial charge in [-0.25, -0.2) is 4.98 Å². The third-order valence-electron chi connectivity index (χ3n) is 4.12. The Balaban J connectivity index is 1.46. The van der Waals surface area contributed by atoms with E-state index in [0.29, 0.717) is 5.75 Å². The van der Waals surface area contributed by atoms with Crippen molar-refractivity contribution < 1.29 is 9.32 Å². The fourth-order valence-electron chi connectivity index (χ4n) is 2.74. The normalized spacial score (nSPS) is 14.2. The van der Waals surface area contributed by atoms with E-state index in [4.69, 9.17) is 4.52 Å². The van der Waals surface area contributed by atoms with Crippen LogP contribution in [0.2, 0.25) is 0 Å². The summed E-state index contributed by atoms with van der Waals surface area (Å²) in [5.74, 6) is 2.89.